The number of hydrogen-bond acceptors (Lipinski definition) is 5. The minimum Gasteiger partial charge on any atom is -0.442 e. The predicted molar refractivity (Wildman–Crippen MR) is 125 cm³/mol. The van der Waals surface area contributed by atoms with Crippen molar-refractivity contribution in [3.8, 4) is 11.1 Å². The fraction of sp³-hybridized carbons (Fsp3) is 0.261. The molecule has 33 heavy (non-hydrogen) atoms. The third-order valence-corrected chi connectivity index (χ3v) is 5.96. The maximum Gasteiger partial charge on any atom is 0.414 e. The van der Waals surface area contributed by atoms with Crippen LogP contribution in [0.15, 0.2) is 53.1 Å². The van der Waals surface area contributed by atoms with Gasteiger partial charge in [-0.1, -0.05) is 24.3 Å². The van der Waals surface area contributed by atoms with Crippen molar-refractivity contribution in [3.05, 3.63) is 70.2 Å². The van der Waals surface area contributed by atoms with Crippen molar-refractivity contribution in [2.75, 3.05) is 18.0 Å². The number of halogens is 2. The Balaban J connectivity index is 1.38. The number of benzene rings is 2. The Kier molecular flexibility index (Phi) is 7.05. The lowest BCUT2D eigenvalue weighted by Crippen LogP contribution is -2.33. The van der Waals surface area contributed by atoms with Crippen LogP contribution in [0.25, 0.3) is 11.1 Å². The second kappa shape index (κ2) is 10.1. The molecule has 1 fully saturated rings. The Bertz CT molecular complexity index is 1150. The molecule has 0 aliphatic carbocycles. The summed E-state index contributed by atoms with van der Waals surface area (Å²) < 4.78 is 21.1. The van der Waals surface area contributed by atoms with Gasteiger partial charge in [-0.05, 0) is 45.3 Å². The first-order chi connectivity index (χ1) is 15.9. The van der Waals surface area contributed by atoms with Crippen LogP contribution < -0.4 is 15.5 Å². The van der Waals surface area contributed by atoms with Gasteiger partial charge in [0, 0.05) is 25.6 Å². The van der Waals surface area contributed by atoms with Gasteiger partial charge < -0.3 is 15.4 Å². The summed E-state index contributed by atoms with van der Waals surface area (Å²) >= 11 is 3.43. The minimum absolute atomic E-state index is 0.201. The summed E-state index contributed by atoms with van der Waals surface area (Å²) in [5, 5.41) is 12.8. The summed E-state index contributed by atoms with van der Waals surface area (Å²) in [6, 6.07) is 12.3. The number of cyclic esters (lactones) is 1. The lowest BCUT2D eigenvalue weighted by molar-refractivity contribution is -0.119. The van der Waals surface area contributed by atoms with Crippen molar-refractivity contribution < 1.29 is 18.7 Å². The molecule has 1 aliphatic heterocycles. The van der Waals surface area contributed by atoms with Gasteiger partial charge >= 0.3 is 6.09 Å². The Morgan fingerprint density at radius 3 is 2.73 bits per heavy atom. The first-order valence-electron chi connectivity index (χ1n) is 10.4. The van der Waals surface area contributed by atoms with Crippen LogP contribution in [0.2, 0.25) is 0 Å². The second-order valence-electron chi connectivity index (χ2n) is 7.71. The van der Waals surface area contributed by atoms with Gasteiger partial charge in [0.2, 0.25) is 5.91 Å². The van der Waals surface area contributed by atoms with E-state index in [9.17, 15) is 14.0 Å². The molecule has 3 aromatic rings. The van der Waals surface area contributed by atoms with E-state index in [2.05, 4.69) is 36.8 Å². The van der Waals surface area contributed by atoms with E-state index in [1.165, 1.54) is 17.9 Å². The summed E-state index contributed by atoms with van der Waals surface area (Å²) in [4.78, 5) is 24.6. The standard InChI is InChI=1S/C23H23BrFN5O3/c1-14(31)27-10-18-13-30(23(32)33-18)17-6-7-19(21(25)8-17)16-4-2-15(3-5-16)9-26-12-22-20(24)11-28-29-22/h2-8,11,18,26H,9-10,12-13H2,1H3,(H,27,31)(H,28,29)/t18-/m0/s1. The minimum atomic E-state index is -0.559. The van der Waals surface area contributed by atoms with Crippen LogP contribution in [-0.2, 0) is 22.6 Å². The lowest BCUT2D eigenvalue weighted by atomic mass is 10.0. The Morgan fingerprint density at radius 2 is 2.06 bits per heavy atom. The highest BCUT2D eigenvalue weighted by Crippen LogP contribution is 2.29. The van der Waals surface area contributed by atoms with E-state index in [0.717, 1.165) is 21.3 Å². The van der Waals surface area contributed by atoms with Crippen LogP contribution in [0.1, 0.15) is 18.2 Å². The Labute approximate surface area is 198 Å². The average molecular weight is 516 g/mol. The number of hydrogen-bond donors (Lipinski definition) is 3. The average Bonchev–Trinajstić information content (AvgIpc) is 3.38. The number of aromatic amines is 1. The number of rotatable bonds is 8. The van der Waals surface area contributed by atoms with Crippen molar-refractivity contribution in [1.29, 1.82) is 0 Å². The third-order valence-electron chi connectivity index (χ3n) is 5.28. The fourth-order valence-electron chi connectivity index (χ4n) is 3.56. The molecule has 2 heterocycles. The van der Waals surface area contributed by atoms with Crippen LogP contribution in [0.3, 0.4) is 0 Å². The first kappa shape index (κ1) is 22.9. The van der Waals surface area contributed by atoms with E-state index in [4.69, 9.17) is 4.74 Å². The Morgan fingerprint density at radius 1 is 1.27 bits per heavy atom. The van der Waals surface area contributed by atoms with E-state index in [0.29, 0.717) is 24.3 Å². The van der Waals surface area contributed by atoms with E-state index in [1.54, 1.807) is 18.3 Å². The summed E-state index contributed by atoms with van der Waals surface area (Å²) in [7, 11) is 0. The van der Waals surface area contributed by atoms with Crippen molar-refractivity contribution >= 4 is 33.6 Å². The van der Waals surface area contributed by atoms with E-state index in [1.807, 2.05) is 24.3 Å². The van der Waals surface area contributed by atoms with Gasteiger partial charge in [-0.2, -0.15) is 5.10 Å². The molecule has 0 spiro atoms. The molecule has 172 valence electrons. The van der Waals surface area contributed by atoms with Crippen LogP contribution in [0.4, 0.5) is 14.9 Å². The SMILES string of the molecule is CC(=O)NC[C@H]1CN(c2ccc(-c3ccc(CNCc4[nH]ncc4Br)cc3)c(F)c2)C(=O)O1. The quantitative estimate of drug-likeness (QED) is 0.424. The van der Waals surface area contributed by atoms with E-state index < -0.39 is 18.0 Å². The molecule has 1 atom stereocenters. The smallest absolute Gasteiger partial charge is 0.414 e. The van der Waals surface area contributed by atoms with Crippen molar-refractivity contribution in [2.24, 2.45) is 0 Å². The number of aromatic nitrogens is 2. The number of carbonyl (C=O) groups excluding carboxylic acids is 2. The number of carbonyl (C=O) groups is 2. The van der Waals surface area contributed by atoms with E-state index in [-0.39, 0.29) is 19.0 Å². The molecular weight excluding hydrogens is 493 g/mol. The summed E-state index contributed by atoms with van der Waals surface area (Å²) in [5.41, 5.74) is 3.64. The number of anilines is 1. The predicted octanol–water partition coefficient (Wildman–Crippen LogP) is 3.73. The zero-order valence-electron chi connectivity index (χ0n) is 17.9. The van der Waals surface area contributed by atoms with Gasteiger partial charge in [-0.25, -0.2) is 9.18 Å². The van der Waals surface area contributed by atoms with Gasteiger partial charge in [0.1, 0.15) is 11.9 Å². The molecule has 0 saturated carbocycles. The number of nitrogens with zero attached hydrogens (tertiary/aromatic N) is 2. The lowest BCUT2D eigenvalue weighted by Gasteiger charge is -2.15. The van der Waals surface area contributed by atoms with E-state index >= 15 is 0 Å². The third kappa shape index (κ3) is 5.58. The van der Waals surface area contributed by atoms with Gasteiger partial charge in [-0.3, -0.25) is 14.8 Å². The zero-order chi connectivity index (χ0) is 23.4. The molecule has 8 nitrogen and oxygen atoms in total. The number of H-pyrrole nitrogens is 1. The van der Waals surface area contributed by atoms with Crippen molar-refractivity contribution in [3.63, 3.8) is 0 Å². The molecule has 4 rings (SSSR count). The van der Waals surface area contributed by atoms with Gasteiger partial charge in [0.25, 0.3) is 0 Å². The summed E-state index contributed by atoms with van der Waals surface area (Å²) in [6.45, 7) is 3.16. The molecular formula is C23H23BrFN5O3. The van der Waals surface area contributed by atoms with Crippen molar-refractivity contribution in [1.82, 2.24) is 20.8 Å². The fourth-order valence-corrected chi connectivity index (χ4v) is 3.89. The molecule has 2 amide bonds. The molecule has 1 saturated heterocycles. The molecule has 1 aromatic heterocycles. The largest absolute Gasteiger partial charge is 0.442 e. The van der Waals surface area contributed by atoms with Crippen LogP contribution in [0, 0.1) is 5.82 Å². The van der Waals surface area contributed by atoms with Crippen molar-refractivity contribution in [2.45, 2.75) is 26.1 Å². The number of ether oxygens (including phenoxy) is 1. The van der Waals surface area contributed by atoms with Gasteiger partial charge in [0.05, 0.1) is 35.1 Å². The van der Waals surface area contributed by atoms with Gasteiger partial charge in [-0.15, -0.1) is 0 Å². The summed E-state index contributed by atoms with van der Waals surface area (Å²) in [6.07, 6.45) is 0.679. The molecule has 2 aromatic carbocycles. The monoisotopic (exact) mass is 515 g/mol. The molecule has 1 aliphatic rings. The molecule has 0 radical (unpaired) electrons. The highest BCUT2D eigenvalue weighted by molar-refractivity contribution is 9.10. The second-order valence-corrected chi connectivity index (χ2v) is 8.57. The molecule has 10 heteroatoms. The van der Waals surface area contributed by atoms with Crippen LogP contribution in [0.5, 0.6) is 0 Å². The highest BCUT2D eigenvalue weighted by atomic mass is 79.9. The number of amides is 2. The first-order valence-corrected chi connectivity index (χ1v) is 11.2. The van der Waals surface area contributed by atoms with Crippen LogP contribution >= 0.6 is 15.9 Å². The number of nitrogens with one attached hydrogen (secondary N) is 3. The molecule has 0 unspecified atom stereocenters. The normalized spacial score (nSPS) is 15.5. The molecule has 0 bridgehead atoms. The summed E-state index contributed by atoms with van der Waals surface area (Å²) in [5.74, 6) is -0.631. The molecule has 3 N–H and O–H groups in total. The topological polar surface area (TPSA) is 99.4 Å². The zero-order valence-corrected chi connectivity index (χ0v) is 19.5. The van der Waals surface area contributed by atoms with Gasteiger partial charge in [0.15, 0.2) is 0 Å². The van der Waals surface area contributed by atoms with Crippen LogP contribution in [-0.4, -0.2) is 41.4 Å². The highest BCUT2D eigenvalue weighted by Gasteiger charge is 2.32. The maximum absolute atomic E-state index is 14.9. The Hall–Kier alpha value is -3.24. The maximum atomic E-state index is 14.9.